The molecule has 0 unspecified atom stereocenters. The Kier molecular flexibility index (Phi) is 5.33. The summed E-state index contributed by atoms with van der Waals surface area (Å²) in [5, 5.41) is 6.32. The minimum atomic E-state index is -0.269. The maximum Gasteiger partial charge on any atom is 0.257 e. The molecule has 154 valence electrons. The number of ether oxygens (including phenoxy) is 3. The number of aryl methyl sites for hydroxylation is 1. The number of fused-ring (bicyclic) bond motifs is 1. The van der Waals surface area contributed by atoms with E-state index < -0.39 is 0 Å². The topological polar surface area (TPSA) is 85.5 Å². The SMILES string of the molecule is COc1ccc2[nH]c(C)c(-c3csc(NC(=O)c4ccc(OC)c(OC)c4)n3)c2c1. The third kappa shape index (κ3) is 3.57. The second kappa shape index (κ2) is 8.08. The summed E-state index contributed by atoms with van der Waals surface area (Å²) >= 11 is 1.37. The van der Waals surface area contributed by atoms with Crippen molar-refractivity contribution in [2.75, 3.05) is 26.6 Å². The molecule has 4 rings (SSSR count). The van der Waals surface area contributed by atoms with Crippen LogP contribution in [-0.2, 0) is 0 Å². The second-order valence-corrected chi connectivity index (χ2v) is 7.46. The average Bonchev–Trinajstić information content (AvgIpc) is 3.35. The Morgan fingerprint density at radius 3 is 2.57 bits per heavy atom. The monoisotopic (exact) mass is 423 g/mol. The highest BCUT2D eigenvalue weighted by atomic mass is 32.1. The normalized spacial score (nSPS) is 10.8. The van der Waals surface area contributed by atoms with E-state index in [2.05, 4.69) is 15.3 Å². The van der Waals surface area contributed by atoms with Gasteiger partial charge in [-0.1, -0.05) is 0 Å². The fourth-order valence-corrected chi connectivity index (χ4v) is 4.05. The molecule has 0 radical (unpaired) electrons. The summed E-state index contributed by atoms with van der Waals surface area (Å²) in [6.45, 7) is 2.00. The van der Waals surface area contributed by atoms with E-state index in [1.165, 1.54) is 18.4 Å². The van der Waals surface area contributed by atoms with Crippen LogP contribution >= 0.6 is 11.3 Å². The summed E-state index contributed by atoms with van der Waals surface area (Å²) in [6.07, 6.45) is 0. The van der Waals surface area contributed by atoms with Gasteiger partial charge in [0.2, 0.25) is 0 Å². The van der Waals surface area contributed by atoms with Gasteiger partial charge in [0.15, 0.2) is 16.6 Å². The number of benzene rings is 2. The summed E-state index contributed by atoms with van der Waals surface area (Å²) < 4.78 is 15.8. The molecule has 0 fully saturated rings. The van der Waals surface area contributed by atoms with Gasteiger partial charge in [-0.2, -0.15) is 0 Å². The van der Waals surface area contributed by atoms with Crippen LogP contribution in [0.2, 0.25) is 0 Å². The minimum absolute atomic E-state index is 0.269. The van der Waals surface area contributed by atoms with Crippen molar-refractivity contribution in [1.29, 1.82) is 0 Å². The molecule has 0 aliphatic carbocycles. The Balaban J connectivity index is 1.62. The number of methoxy groups -OCH3 is 3. The van der Waals surface area contributed by atoms with E-state index in [-0.39, 0.29) is 5.91 Å². The molecule has 1 amide bonds. The summed E-state index contributed by atoms with van der Waals surface area (Å²) in [7, 11) is 4.73. The first kappa shape index (κ1) is 19.8. The molecule has 4 aromatic rings. The summed E-state index contributed by atoms with van der Waals surface area (Å²) in [4.78, 5) is 20.7. The van der Waals surface area contributed by atoms with Crippen molar-refractivity contribution in [2.24, 2.45) is 0 Å². The molecule has 30 heavy (non-hydrogen) atoms. The van der Waals surface area contributed by atoms with Crippen LogP contribution in [0.1, 0.15) is 16.1 Å². The van der Waals surface area contributed by atoms with Gasteiger partial charge >= 0.3 is 0 Å². The highest BCUT2D eigenvalue weighted by molar-refractivity contribution is 7.14. The zero-order chi connectivity index (χ0) is 21.3. The first-order valence-corrected chi connectivity index (χ1v) is 10.1. The minimum Gasteiger partial charge on any atom is -0.497 e. The number of carbonyl (C=O) groups excluding carboxylic acids is 1. The quantitative estimate of drug-likeness (QED) is 0.462. The molecule has 0 spiro atoms. The van der Waals surface area contributed by atoms with Crippen LogP contribution in [0.4, 0.5) is 5.13 Å². The first-order valence-electron chi connectivity index (χ1n) is 9.19. The van der Waals surface area contributed by atoms with Gasteiger partial charge in [0.25, 0.3) is 5.91 Å². The molecule has 8 heteroatoms. The van der Waals surface area contributed by atoms with E-state index >= 15 is 0 Å². The number of amides is 1. The van der Waals surface area contributed by atoms with E-state index in [0.717, 1.165) is 33.6 Å². The standard InChI is InChI=1S/C22H21N3O4S/c1-12-20(15-10-14(27-2)6-7-16(15)23-12)17-11-30-22(24-17)25-21(26)13-5-8-18(28-3)19(9-13)29-4/h5-11,23H,1-4H3,(H,24,25,26). The van der Waals surface area contributed by atoms with Crippen molar-refractivity contribution in [3.8, 4) is 28.5 Å². The number of carbonyl (C=O) groups is 1. The maximum atomic E-state index is 12.7. The van der Waals surface area contributed by atoms with E-state index in [1.807, 2.05) is 30.5 Å². The summed E-state index contributed by atoms with van der Waals surface area (Å²) in [6, 6.07) is 10.9. The fourth-order valence-electron chi connectivity index (χ4n) is 3.36. The molecular weight excluding hydrogens is 402 g/mol. The number of aromatic amines is 1. The van der Waals surface area contributed by atoms with Crippen molar-refractivity contribution < 1.29 is 19.0 Å². The highest BCUT2D eigenvalue weighted by Gasteiger charge is 2.17. The lowest BCUT2D eigenvalue weighted by Gasteiger charge is -2.09. The van der Waals surface area contributed by atoms with Crippen LogP contribution < -0.4 is 19.5 Å². The molecule has 2 N–H and O–H groups in total. The number of rotatable bonds is 6. The van der Waals surface area contributed by atoms with Gasteiger partial charge in [-0.15, -0.1) is 11.3 Å². The van der Waals surface area contributed by atoms with Gasteiger partial charge in [-0.25, -0.2) is 4.98 Å². The van der Waals surface area contributed by atoms with Crippen LogP contribution in [0.15, 0.2) is 41.8 Å². The van der Waals surface area contributed by atoms with Crippen molar-refractivity contribution in [3.05, 3.63) is 53.0 Å². The first-order chi connectivity index (χ1) is 14.5. The number of anilines is 1. The summed E-state index contributed by atoms with van der Waals surface area (Å²) in [5.41, 5.74) is 4.25. The van der Waals surface area contributed by atoms with Crippen LogP contribution in [0.25, 0.3) is 22.2 Å². The van der Waals surface area contributed by atoms with Gasteiger partial charge < -0.3 is 19.2 Å². The molecule has 0 saturated heterocycles. The van der Waals surface area contributed by atoms with E-state index in [9.17, 15) is 4.79 Å². The predicted molar refractivity (Wildman–Crippen MR) is 118 cm³/mol. The fraction of sp³-hybridized carbons (Fsp3) is 0.182. The Morgan fingerprint density at radius 1 is 1.03 bits per heavy atom. The number of nitrogens with zero attached hydrogens (tertiary/aromatic N) is 1. The Morgan fingerprint density at radius 2 is 1.83 bits per heavy atom. The lowest BCUT2D eigenvalue weighted by atomic mass is 10.1. The Bertz CT molecular complexity index is 1230. The molecule has 2 heterocycles. The van der Waals surface area contributed by atoms with Crippen molar-refractivity contribution in [1.82, 2.24) is 9.97 Å². The van der Waals surface area contributed by atoms with Gasteiger partial charge in [0.05, 0.1) is 27.0 Å². The number of H-pyrrole nitrogens is 1. The smallest absolute Gasteiger partial charge is 0.257 e. The number of nitrogens with one attached hydrogen (secondary N) is 2. The number of hydrogen-bond donors (Lipinski definition) is 2. The van der Waals surface area contributed by atoms with E-state index in [4.69, 9.17) is 14.2 Å². The Hall–Kier alpha value is -3.52. The zero-order valence-corrected chi connectivity index (χ0v) is 17.8. The van der Waals surface area contributed by atoms with Gasteiger partial charge in [0.1, 0.15) is 5.75 Å². The molecule has 0 aliphatic heterocycles. The van der Waals surface area contributed by atoms with Crippen LogP contribution in [-0.4, -0.2) is 37.2 Å². The van der Waals surface area contributed by atoms with Crippen molar-refractivity contribution in [2.45, 2.75) is 6.92 Å². The Labute approximate surface area is 177 Å². The lowest BCUT2D eigenvalue weighted by Crippen LogP contribution is -2.12. The molecule has 0 saturated carbocycles. The molecule has 2 aromatic carbocycles. The molecule has 0 bridgehead atoms. The van der Waals surface area contributed by atoms with Gasteiger partial charge in [0, 0.05) is 33.1 Å². The molecule has 2 aromatic heterocycles. The average molecular weight is 423 g/mol. The number of hydrogen-bond acceptors (Lipinski definition) is 6. The molecule has 0 atom stereocenters. The van der Waals surface area contributed by atoms with E-state index in [1.54, 1.807) is 32.4 Å². The van der Waals surface area contributed by atoms with E-state index in [0.29, 0.717) is 22.2 Å². The maximum absolute atomic E-state index is 12.7. The summed E-state index contributed by atoms with van der Waals surface area (Å²) in [5.74, 6) is 1.57. The second-order valence-electron chi connectivity index (χ2n) is 6.60. The third-order valence-corrected chi connectivity index (χ3v) is 5.58. The predicted octanol–water partition coefficient (Wildman–Crippen LogP) is 4.88. The zero-order valence-electron chi connectivity index (χ0n) is 17.0. The van der Waals surface area contributed by atoms with Crippen LogP contribution in [0.3, 0.4) is 0 Å². The molecular formula is C22H21N3O4S. The molecule has 0 aliphatic rings. The van der Waals surface area contributed by atoms with Crippen LogP contribution in [0, 0.1) is 6.92 Å². The largest absolute Gasteiger partial charge is 0.497 e. The molecule has 7 nitrogen and oxygen atoms in total. The van der Waals surface area contributed by atoms with Crippen LogP contribution in [0.5, 0.6) is 17.2 Å². The number of thiazole rings is 1. The third-order valence-electron chi connectivity index (χ3n) is 4.82. The highest BCUT2D eigenvalue weighted by Crippen LogP contribution is 2.36. The number of aromatic nitrogens is 2. The van der Waals surface area contributed by atoms with Gasteiger partial charge in [-0.05, 0) is 43.3 Å². The lowest BCUT2D eigenvalue weighted by molar-refractivity contribution is 0.102. The van der Waals surface area contributed by atoms with Crippen molar-refractivity contribution >= 4 is 33.3 Å². The van der Waals surface area contributed by atoms with Gasteiger partial charge in [-0.3, -0.25) is 10.1 Å². The van der Waals surface area contributed by atoms with Crippen molar-refractivity contribution in [3.63, 3.8) is 0 Å².